The quantitative estimate of drug-likeness (QED) is 0.398. The van der Waals surface area contributed by atoms with Crippen molar-refractivity contribution in [2.45, 2.75) is 13.3 Å². The molecule has 0 saturated carbocycles. The van der Waals surface area contributed by atoms with E-state index in [0.29, 0.717) is 12.6 Å². The molecule has 0 saturated heterocycles. The maximum absolute atomic E-state index is 5.41. The van der Waals surface area contributed by atoms with E-state index in [1.165, 1.54) is 0 Å². The molecule has 0 aliphatic carbocycles. The van der Waals surface area contributed by atoms with Gasteiger partial charge in [-0.3, -0.25) is 5.43 Å². The first-order valence-electron chi connectivity index (χ1n) is 6.10. The van der Waals surface area contributed by atoms with E-state index in [9.17, 15) is 0 Å². The fraction of sp³-hybridized carbons (Fsp3) is 0.250. The van der Waals surface area contributed by atoms with Crippen molar-refractivity contribution >= 4 is 40.2 Å². The van der Waals surface area contributed by atoms with Gasteiger partial charge < -0.3 is 10.1 Å². The van der Waals surface area contributed by atoms with E-state index in [4.69, 9.17) is 10.6 Å². The Balaban J connectivity index is 2.24. The lowest BCUT2D eigenvalue weighted by Gasteiger charge is -2.09. The molecule has 0 amide bonds. The molecule has 20 heavy (non-hydrogen) atoms. The molecule has 0 radical (unpaired) electrons. The number of anilines is 3. The fourth-order valence-corrected chi connectivity index (χ4v) is 1.94. The minimum atomic E-state index is 0.239. The lowest BCUT2D eigenvalue weighted by molar-refractivity contribution is 0.292. The van der Waals surface area contributed by atoms with Crippen LogP contribution in [-0.4, -0.2) is 21.6 Å². The standard InChI is InChI=1S/C12H15IN6O/c1-2-7-20-12-17-10(16-11(18-12)19-14)15-9-6-4-3-5-8(9)13/h3-6H,2,7,14H2,1H3,(H2,15,16,17,18,19). The first-order chi connectivity index (χ1) is 9.72. The number of nitrogens with two attached hydrogens (primary N) is 1. The molecule has 1 aromatic carbocycles. The summed E-state index contributed by atoms with van der Waals surface area (Å²) in [5.41, 5.74) is 3.31. The maximum Gasteiger partial charge on any atom is 0.323 e. The number of hydrogen-bond donors (Lipinski definition) is 3. The molecule has 0 fully saturated rings. The summed E-state index contributed by atoms with van der Waals surface area (Å²) in [6, 6.07) is 8.06. The summed E-state index contributed by atoms with van der Waals surface area (Å²) < 4.78 is 6.47. The van der Waals surface area contributed by atoms with Gasteiger partial charge in [0.15, 0.2) is 0 Å². The summed E-state index contributed by atoms with van der Waals surface area (Å²) in [4.78, 5) is 12.4. The molecule has 4 N–H and O–H groups in total. The second-order valence-corrected chi connectivity index (χ2v) is 5.03. The van der Waals surface area contributed by atoms with Crippen LogP contribution in [0.3, 0.4) is 0 Å². The molecule has 0 atom stereocenters. The van der Waals surface area contributed by atoms with Crippen molar-refractivity contribution in [2.24, 2.45) is 5.84 Å². The Labute approximate surface area is 130 Å². The summed E-state index contributed by atoms with van der Waals surface area (Å²) in [5, 5.41) is 3.12. The van der Waals surface area contributed by atoms with E-state index in [2.05, 4.69) is 48.3 Å². The molecule has 2 rings (SSSR count). The van der Waals surface area contributed by atoms with Gasteiger partial charge in [-0.05, 0) is 41.1 Å². The van der Waals surface area contributed by atoms with E-state index in [1.54, 1.807) is 0 Å². The van der Waals surface area contributed by atoms with Crippen molar-refractivity contribution in [3.05, 3.63) is 27.8 Å². The number of hydrogen-bond acceptors (Lipinski definition) is 7. The molecule has 1 heterocycles. The fourth-order valence-electron chi connectivity index (χ4n) is 1.42. The lowest BCUT2D eigenvalue weighted by Crippen LogP contribution is -2.14. The highest BCUT2D eigenvalue weighted by molar-refractivity contribution is 14.1. The molecular formula is C12H15IN6O. The van der Waals surface area contributed by atoms with Gasteiger partial charge in [0, 0.05) is 3.57 Å². The van der Waals surface area contributed by atoms with Gasteiger partial charge in [0.25, 0.3) is 0 Å². The summed E-state index contributed by atoms with van der Waals surface area (Å²) in [5.74, 6) is 5.98. The monoisotopic (exact) mass is 386 g/mol. The lowest BCUT2D eigenvalue weighted by atomic mass is 10.3. The van der Waals surface area contributed by atoms with Gasteiger partial charge in [-0.15, -0.1) is 0 Å². The third-order valence-electron chi connectivity index (χ3n) is 2.30. The predicted octanol–water partition coefficient (Wildman–Crippen LogP) is 2.29. The van der Waals surface area contributed by atoms with Crippen molar-refractivity contribution in [2.75, 3.05) is 17.3 Å². The predicted molar refractivity (Wildman–Crippen MR) is 85.9 cm³/mol. The van der Waals surface area contributed by atoms with E-state index in [-0.39, 0.29) is 12.0 Å². The zero-order chi connectivity index (χ0) is 14.4. The van der Waals surface area contributed by atoms with Gasteiger partial charge in [0.2, 0.25) is 11.9 Å². The summed E-state index contributed by atoms with van der Waals surface area (Å²) in [6.07, 6.45) is 0.871. The van der Waals surface area contributed by atoms with Gasteiger partial charge in [-0.1, -0.05) is 19.1 Å². The number of benzene rings is 1. The SMILES string of the molecule is CCCOc1nc(NN)nc(Nc2ccccc2I)n1. The Morgan fingerprint density at radius 3 is 2.65 bits per heavy atom. The van der Waals surface area contributed by atoms with Gasteiger partial charge in [0.1, 0.15) is 0 Å². The Kier molecular flexibility index (Phi) is 5.30. The smallest absolute Gasteiger partial charge is 0.323 e. The van der Waals surface area contributed by atoms with Crippen molar-refractivity contribution in [1.82, 2.24) is 15.0 Å². The maximum atomic E-state index is 5.41. The van der Waals surface area contributed by atoms with Crippen molar-refractivity contribution < 1.29 is 4.74 Å². The molecule has 106 valence electrons. The van der Waals surface area contributed by atoms with Crippen LogP contribution in [0.25, 0.3) is 0 Å². The number of nitrogen functional groups attached to an aromatic ring is 1. The number of nitrogens with one attached hydrogen (secondary N) is 2. The summed E-state index contributed by atoms with van der Waals surface area (Å²) in [7, 11) is 0. The summed E-state index contributed by atoms with van der Waals surface area (Å²) in [6.45, 7) is 2.55. The summed E-state index contributed by atoms with van der Waals surface area (Å²) >= 11 is 2.23. The second kappa shape index (κ2) is 7.20. The average Bonchev–Trinajstić information content (AvgIpc) is 2.47. The average molecular weight is 386 g/mol. The van der Waals surface area contributed by atoms with Gasteiger partial charge in [0.05, 0.1) is 12.3 Å². The third kappa shape index (κ3) is 3.90. The molecule has 0 unspecified atom stereocenters. The molecule has 0 spiro atoms. The number of hydrazine groups is 1. The highest BCUT2D eigenvalue weighted by Crippen LogP contribution is 2.21. The third-order valence-corrected chi connectivity index (χ3v) is 3.24. The largest absolute Gasteiger partial charge is 0.463 e. The van der Waals surface area contributed by atoms with Crippen LogP contribution in [-0.2, 0) is 0 Å². The van der Waals surface area contributed by atoms with Crippen molar-refractivity contribution in [1.29, 1.82) is 0 Å². The topological polar surface area (TPSA) is 98.0 Å². The molecule has 2 aromatic rings. The minimum absolute atomic E-state index is 0.239. The first kappa shape index (κ1) is 14.7. The first-order valence-corrected chi connectivity index (χ1v) is 7.18. The van der Waals surface area contributed by atoms with Gasteiger partial charge >= 0.3 is 6.01 Å². The second-order valence-electron chi connectivity index (χ2n) is 3.86. The van der Waals surface area contributed by atoms with E-state index in [0.717, 1.165) is 15.7 Å². The Hall–Kier alpha value is -1.68. The van der Waals surface area contributed by atoms with Gasteiger partial charge in [-0.25, -0.2) is 5.84 Å². The Bertz CT molecular complexity index is 580. The van der Waals surface area contributed by atoms with Crippen LogP contribution in [0.4, 0.5) is 17.6 Å². The van der Waals surface area contributed by atoms with Gasteiger partial charge in [-0.2, -0.15) is 15.0 Å². The Morgan fingerprint density at radius 2 is 1.95 bits per heavy atom. The van der Waals surface area contributed by atoms with E-state index < -0.39 is 0 Å². The van der Waals surface area contributed by atoms with Crippen LogP contribution in [0, 0.1) is 3.57 Å². The molecular weight excluding hydrogens is 371 g/mol. The number of para-hydroxylation sites is 1. The van der Waals surface area contributed by atoms with Crippen LogP contribution < -0.4 is 21.3 Å². The normalized spacial score (nSPS) is 10.2. The zero-order valence-electron chi connectivity index (χ0n) is 10.9. The molecule has 0 aliphatic heterocycles. The molecule has 0 bridgehead atoms. The highest BCUT2D eigenvalue weighted by Gasteiger charge is 2.08. The van der Waals surface area contributed by atoms with Crippen LogP contribution >= 0.6 is 22.6 Å². The Morgan fingerprint density at radius 1 is 1.20 bits per heavy atom. The molecule has 8 heteroatoms. The van der Waals surface area contributed by atoms with Crippen molar-refractivity contribution in [3.8, 4) is 6.01 Å². The van der Waals surface area contributed by atoms with E-state index >= 15 is 0 Å². The van der Waals surface area contributed by atoms with Crippen LogP contribution in [0.15, 0.2) is 24.3 Å². The van der Waals surface area contributed by atoms with Crippen LogP contribution in [0.2, 0.25) is 0 Å². The van der Waals surface area contributed by atoms with Crippen LogP contribution in [0.5, 0.6) is 6.01 Å². The highest BCUT2D eigenvalue weighted by atomic mass is 127. The number of aromatic nitrogens is 3. The van der Waals surface area contributed by atoms with Crippen LogP contribution in [0.1, 0.15) is 13.3 Å². The minimum Gasteiger partial charge on any atom is -0.463 e. The number of rotatable bonds is 6. The molecule has 7 nitrogen and oxygen atoms in total. The number of nitrogens with zero attached hydrogens (tertiary/aromatic N) is 3. The number of ether oxygens (including phenoxy) is 1. The number of halogens is 1. The van der Waals surface area contributed by atoms with Crippen molar-refractivity contribution in [3.63, 3.8) is 0 Å². The molecule has 0 aliphatic rings. The molecule has 1 aromatic heterocycles. The van der Waals surface area contributed by atoms with E-state index in [1.807, 2.05) is 31.2 Å². The zero-order valence-corrected chi connectivity index (χ0v) is 13.1.